The van der Waals surface area contributed by atoms with Gasteiger partial charge in [0.25, 0.3) is 0 Å². The molecule has 0 spiro atoms. The van der Waals surface area contributed by atoms with Crippen LogP contribution in [-0.2, 0) is 16.1 Å². The molecule has 1 rings (SSSR count). The molecule has 1 N–H and O–H groups in total. The van der Waals surface area contributed by atoms with Gasteiger partial charge in [-0.05, 0) is 13.3 Å². The highest BCUT2D eigenvalue weighted by Crippen LogP contribution is 2.15. The van der Waals surface area contributed by atoms with Crippen LogP contribution in [0.4, 0.5) is 0 Å². The first-order chi connectivity index (χ1) is 8.63. The number of aromatic amines is 1. The van der Waals surface area contributed by atoms with Crippen LogP contribution in [0.15, 0.2) is 21.6 Å². The molecular weight excluding hydrogens is 254 g/mol. The van der Waals surface area contributed by atoms with Gasteiger partial charge < -0.3 is 4.74 Å². The number of H-pyrrole nitrogens is 1. The highest BCUT2D eigenvalue weighted by molar-refractivity contribution is 7.99. The van der Waals surface area contributed by atoms with E-state index in [4.69, 9.17) is 0 Å². The summed E-state index contributed by atoms with van der Waals surface area (Å²) in [6.07, 6.45) is 2.42. The van der Waals surface area contributed by atoms with Gasteiger partial charge in [0.05, 0.1) is 7.11 Å². The molecule has 0 amide bonds. The van der Waals surface area contributed by atoms with Crippen LogP contribution in [0.25, 0.3) is 0 Å². The first-order valence-corrected chi connectivity index (χ1v) is 6.67. The largest absolute Gasteiger partial charge is 0.466 e. The van der Waals surface area contributed by atoms with Crippen LogP contribution in [0.5, 0.6) is 0 Å². The molecule has 1 aromatic heterocycles. The number of hydrogen-bond acceptors (Lipinski definition) is 5. The fourth-order valence-electron chi connectivity index (χ4n) is 1.41. The number of rotatable bonds is 6. The quantitative estimate of drug-likeness (QED) is 0.478. The molecule has 6 nitrogen and oxygen atoms in total. The number of aromatic nitrogens is 3. The summed E-state index contributed by atoms with van der Waals surface area (Å²) in [4.78, 5) is 22.7. The summed E-state index contributed by atoms with van der Waals surface area (Å²) in [5.41, 5.74) is 0.415. The van der Waals surface area contributed by atoms with Gasteiger partial charge in [-0.3, -0.25) is 4.57 Å². The van der Waals surface area contributed by atoms with Crippen molar-refractivity contribution >= 4 is 17.7 Å². The number of carbonyl (C=O) groups excluding carboxylic acids is 1. The fraction of sp³-hybridized carbons (Fsp3) is 0.545. The third-order valence-corrected chi connectivity index (χ3v) is 3.31. The molecule has 0 saturated heterocycles. The van der Waals surface area contributed by atoms with Crippen LogP contribution in [-0.4, -0.2) is 33.6 Å². The molecule has 0 saturated carbocycles. The maximum Gasteiger partial charge on any atom is 0.343 e. The maximum absolute atomic E-state index is 11.3. The van der Waals surface area contributed by atoms with Crippen molar-refractivity contribution in [1.29, 1.82) is 0 Å². The summed E-state index contributed by atoms with van der Waals surface area (Å²) in [5.74, 6) is 0.260. The van der Waals surface area contributed by atoms with Gasteiger partial charge in [0.15, 0.2) is 5.16 Å². The van der Waals surface area contributed by atoms with Crippen molar-refractivity contribution < 1.29 is 9.53 Å². The van der Waals surface area contributed by atoms with Crippen LogP contribution >= 0.6 is 11.8 Å². The Morgan fingerprint density at radius 1 is 1.56 bits per heavy atom. The molecule has 0 aliphatic carbocycles. The third-order valence-electron chi connectivity index (χ3n) is 2.41. The molecule has 1 heterocycles. The Morgan fingerprint density at radius 2 is 2.28 bits per heavy atom. The van der Waals surface area contributed by atoms with Gasteiger partial charge in [-0.2, -0.15) is 0 Å². The molecule has 0 fully saturated rings. The van der Waals surface area contributed by atoms with Crippen molar-refractivity contribution in [3.63, 3.8) is 0 Å². The number of hydrogen-bond donors (Lipinski definition) is 1. The number of thioether (sulfide) groups is 1. The van der Waals surface area contributed by atoms with Crippen LogP contribution in [0.3, 0.4) is 0 Å². The molecule has 0 aliphatic heterocycles. The van der Waals surface area contributed by atoms with Crippen LogP contribution < -0.4 is 5.69 Å². The Bertz CT molecular complexity index is 490. The Balaban J connectivity index is 2.67. The maximum atomic E-state index is 11.3. The number of nitrogens with one attached hydrogen (secondary N) is 1. The minimum absolute atomic E-state index is 0.215. The fourth-order valence-corrected chi connectivity index (χ4v) is 2.32. The van der Waals surface area contributed by atoms with Gasteiger partial charge in [0, 0.05) is 17.9 Å². The second-order valence-corrected chi connectivity index (χ2v) is 4.43. The van der Waals surface area contributed by atoms with Gasteiger partial charge in [0.2, 0.25) is 0 Å². The van der Waals surface area contributed by atoms with Crippen molar-refractivity contribution in [2.45, 2.75) is 32.0 Å². The molecule has 7 heteroatoms. The summed E-state index contributed by atoms with van der Waals surface area (Å²) in [6.45, 7) is 4.34. The van der Waals surface area contributed by atoms with Gasteiger partial charge in [-0.25, -0.2) is 14.7 Å². The molecule has 1 aromatic rings. The van der Waals surface area contributed by atoms with Crippen molar-refractivity contribution in [2.75, 3.05) is 12.9 Å². The zero-order valence-electron chi connectivity index (χ0n) is 10.7. The summed E-state index contributed by atoms with van der Waals surface area (Å²) in [6, 6.07) is 0. The lowest BCUT2D eigenvalue weighted by Crippen LogP contribution is -2.16. The number of nitrogens with zero attached hydrogens (tertiary/aromatic N) is 2. The number of ether oxygens (including phenoxy) is 1. The summed E-state index contributed by atoms with van der Waals surface area (Å²) in [5, 5.41) is 6.94. The normalized spacial score (nSPS) is 11.6. The number of esters is 1. The average Bonchev–Trinajstić information content (AvgIpc) is 2.74. The molecule has 0 atom stereocenters. The van der Waals surface area contributed by atoms with Crippen LogP contribution in [0, 0.1) is 0 Å². The van der Waals surface area contributed by atoms with E-state index in [0.29, 0.717) is 29.4 Å². The number of methoxy groups -OCH3 is 1. The van der Waals surface area contributed by atoms with Gasteiger partial charge >= 0.3 is 11.7 Å². The van der Waals surface area contributed by atoms with Crippen molar-refractivity contribution in [1.82, 2.24) is 14.8 Å². The van der Waals surface area contributed by atoms with E-state index in [2.05, 4.69) is 14.9 Å². The Kier molecular flexibility index (Phi) is 5.70. The first-order valence-electron chi connectivity index (χ1n) is 5.69. The topological polar surface area (TPSA) is 77.0 Å². The molecule has 0 bridgehead atoms. The van der Waals surface area contributed by atoms with Crippen molar-refractivity contribution in [2.24, 2.45) is 0 Å². The van der Waals surface area contributed by atoms with Gasteiger partial charge in [-0.15, -0.1) is 5.10 Å². The molecule has 0 radical (unpaired) electrons. The highest BCUT2D eigenvalue weighted by atomic mass is 32.2. The van der Waals surface area contributed by atoms with E-state index in [1.807, 2.05) is 13.8 Å². The van der Waals surface area contributed by atoms with E-state index >= 15 is 0 Å². The van der Waals surface area contributed by atoms with E-state index in [0.717, 1.165) is 0 Å². The lowest BCUT2D eigenvalue weighted by atomic mass is 10.2. The van der Waals surface area contributed by atoms with Crippen molar-refractivity contribution in [3.05, 3.63) is 22.1 Å². The van der Waals surface area contributed by atoms with E-state index in [1.165, 1.54) is 18.9 Å². The average molecular weight is 271 g/mol. The van der Waals surface area contributed by atoms with Crippen LogP contribution in [0.2, 0.25) is 0 Å². The molecule has 0 unspecified atom stereocenters. The zero-order valence-corrected chi connectivity index (χ0v) is 11.5. The molecule has 0 aliphatic rings. The second kappa shape index (κ2) is 7.05. The Labute approximate surface area is 109 Å². The summed E-state index contributed by atoms with van der Waals surface area (Å²) in [7, 11) is 1.36. The first kappa shape index (κ1) is 14.6. The Morgan fingerprint density at radius 3 is 2.83 bits per heavy atom. The lowest BCUT2D eigenvalue weighted by Gasteiger charge is -2.02. The Hall–Kier alpha value is -1.50. The van der Waals surface area contributed by atoms with Crippen molar-refractivity contribution in [3.8, 4) is 0 Å². The predicted octanol–water partition coefficient (Wildman–Crippen LogP) is 1.19. The van der Waals surface area contributed by atoms with Gasteiger partial charge in [0.1, 0.15) is 0 Å². The van der Waals surface area contributed by atoms with Gasteiger partial charge in [-0.1, -0.05) is 24.8 Å². The highest BCUT2D eigenvalue weighted by Gasteiger charge is 2.08. The molecule has 18 heavy (non-hydrogen) atoms. The van der Waals surface area contributed by atoms with E-state index in [-0.39, 0.29) is 11.7 Å². The monoisotopic (exact) mass is 271 g/mol. The van der Waals surface area contributed by atoms with E-state index in [1.54, 1.807) is 10.6 Å². The van der Waals surface area contributed by atoms with E-state index < -0.39 is 0 Å². The molecule has 100 valence electrons. The lowest BCUT2D eigenvalue weighted by molar-refractivity contribution is -0.136. The standard InChI is InChI=1S/C11H17N3O3S/c1-4-8(9(15)17-3)6-7-18-11-13-12-10(16)14(11)5-2/h6H,4-5,7H2,1-3H3,(H,12,16). The molecule has 0 aromatic carbocycles. The predicted molar refractivity (Wildman–Crippen MR) is 69.6 cm³/mol. The zero-order chi connectivity index (χ0) is 13.5. The summed E-state index contributed by atoms with van der Waals surface area (Å²) < 4.78 is 6.21. The second-order valence-electron chi connectivity index (χ2n) is 3.44. The molecular formula is C11H17N3O3S. The SMILES string of the molecule is CCC(=CCSc1n[nH]c(=O)n1CC)C(=O)OC. The summed E-state index contributed by atoms with van der Waals surface area (Å²) >= 11 is 1.40. The minimum Gasteiger partial charge on any atom is -0.466 e. The van der Waals surface area contributed by atoms with E-state index in [9.17, 15) is 9.59 Å². The minimum atomic E-state index is -0.312. The number of carbonyl (C=O) groups is 1. The van der Waals surface area contributed by atoms with Crippen LogP contribution in [0.1, 0.15) is 20.3 Å². The third kappa shape index (κ3) is 3.49. The smallest absolute Gasteiger partial charge is 0.343 e.